The lowest BCUT2D eigenvalue weighted by Crippen LogP contribution is -1.96. The summed E-state index contributed by atoms with van der Waals surface area (Å²) in [4.78, 5) is 0. The van der Waals surface area contributed by atoms with Gasteiger partial charge in [-0.2, -0.15) is 0 Å². The van der Waals surface area contributed by atoms with Crippen LogP contribution >= 0.6 is 0 Å². The lowest BCUT2D eigenvalue weighted by Gasteiger charge is -2.08. The Morgan fingerprint density at radius 1 is 1.38 bits per heavy atom. The lowest BCUT2D eigenvalue weighted by molar-refractivity contribution is 0.335. The SMILES string of the molecule is CCCCc1ccc[c]c1OCC. The molecule has 0 saturated carbocycles. The van der Waals surface area contributed by atoms with Crippen molar-refractivity contribution in [2.45, 2.75) is 33.1 Å². The van der Waals surface area contributed by atoms with Crippen molar-refractivity contribution in [1.82, 2.24) is 0 Å². The summed E-state index contributed by atoms with van der Waals surface area (Å²) in [5.41, 5.74) is 1.28. The molecule has 0 spiro atoms. The molecule has 0 amide bonds. The Morgan fingerprint density at radius 3 is 2.92 bits per heavy atom. The molecule has 1 rings (SSSR count). The first-order valence-corrected chi connectivity index (χ1v) is 5.00. The van der Waals surface area contributed by atoms with Gasteiger partial charge in [0.25, 0.3) is 0 Å². The second-order valence-corrected chi connectivity index (χ2v) is 3.06. The predicted molar refractivity (Wildman–Crippen MR) is 55.1 cm³/mol. The molecular formula is C12H17O. The summed E-state index contributed by atoms with van der Waals surface area (Å²) in [5.74, 6) is 0.929. The minimum atomic E-state index is 0.722. The van der Waals surface area contributed by atoms with E-state index in [1.807, 2.05) is 19.1 Å². The Balaban J connectivity index is 2.66. The molecule has 0 heterocycles. The molecule has 0 fully saturated rings. The van der Waals surface area contributed by atoms with Gasteiger partial charge in [-0.3, -0.25) is 0 Å². The Morgan fingerprint density at radius 2 is 2.23 bits per heavy atom. The maximum atomic E-state index is 5.48. The fourth-order valence-corrected chi connectivity index (χ4v) is 1.30. The normalized spacial score (nSPS) is 10.0. The van der Waals surface area contributed by atoms with Crippen LogP contribution in [0.1, 0.15) is 32.3 Å². The average molecular weight is 177 g/mol. The van der Waals surface area contributed by atoms with Crippen LogP contribution in [0.4, 0.5) is 0 Å². The smallest absolute Gasteiger partial charge is 0.130 e. The zero-order valence-electron chi connectivity index (χ0n) is 8.47. The number of hydrogen-bond acceptors (Lipinski definition) is 1. The maximum Gasteiger partial charge on any atom is 0.130 e. The van der Waals surface area contributed by atoms with E-state index in [0.29, 0.717) is 0 Å². The molecule has 1 radical (unpaired) electrons. The number of unbranched alkanes of at least 4 members (excludes halogenated alkanes) is 1. The van der Waals surface area contributed by atoms with Crippen LogP contribution in [-0.4, -0.2) is 6.61 Å². The van der Waals surface area contributed by atoms with Gasteiger partial charge in [0.2, 0.25) is 0 Å². The molecule has 0 atom stereocenters. The summed E-state index contributed by atoms with van der Waals surface area (Å²) in [6.45, 7) is 4.93. The van der Waals surface area contributed by atoms with Gasteiger partial charge in [-0.1, -0.05) is 31.5 Å². The highest BCUT2D eigenvalue weighted by molar-refractivity contribution is 5.32. The van der Waals surface area contributed by atoms with Crippen LogP contribution in [0.3, 0.4) is 0 Å². The van der Waals surface area contributed by atoms with Gasteiger partial charge in [0.15, 0.2) is 0 Å². The van der Waals surface area contributed by atoms with E-state index in [1.165, 1.54) is 18.4 Å². The summed E-state index contributed by atoms with van der Waals surface area (Å²) >= 11 is 0. The van der Waals surface area contributed by atoms with E-state index in [0.717, 1.165) is 18.8 Å². The largest absolute Gasteiger partial charge is 0.493 e. The molecule has 1 nitrogen and oxygen atoms in total. The van der Waals surface area contributed by atoms with Crippen molar-refractivity contribution in [1.29, 1.82) is 0 Å². The molecule has 0 N–H and O–H groups in total. The van der Waals surface area contributed by atoms with Crippen molar-refractivity contribution >= 4 is 0 Å². The molecule has 0 unspecified atom stereocenters. The molecule has 0 aliphatic rings. The zero-order valence-corrected chi connectivity index (χ0v) is 8.47. The number of aryl methyl sites for hydroxylation is 1. The molecule has 1 aromatic carbocycles. The zero-order chi connectivity index (χ0) is 9.52. The average Bonchev–Trinajstić information content (AvgIpc) is 2.17. The van der Waals surface area contributed by atoms with Gasteiger partial charge >= 0.3 is 0 Å². The molecule has 0 aliphatic heterocycles. The molecule has 71 valence electrons. The highest BCUT2D eigenvalue weighted by Crippen LogP contribution is 2.19. The van der Waals surface area contributed by atoms with E-state index in [1.54, 1.807) is 0 Å². The summed E-state index contributed by atoms with van der Waals surface area (Å²) in [6, 6.07) is 9.17. The number of para-hydroxylation sites is 1. The predicted octanol–water partition coefficient (Wildman–Crippen LogP) is 3.23. The molecule has 0 bridgehead atoms. The van der Waals surface area contributed by atoms with Crippen molar-refractivity contribution in [2.75, 3.05) is 6.61 Å². The van der Waals surface area contributed by atoms with E-state index in [-0.39, 0.29) is 0 Å². The molecule has 1 heteroatoms. The Kier molecular flexibility index (Phi) is 4.37. The van der Waals surface area contributed by atoms with Crippen LogP contribution in [0.25, 0.3) is 0 Å². The van der Waals surface area contributed by atoms with Gasteiger partial charge in [0.1, 0.15) is 5.75 Å². The first-order chi connectivity index (χ1) is 6.38. The van der Waals surface area contributed by atoms with E-state index in [4.69, 9.17) is 4.74 Å². The number of ether oxygens (including phenoxy) is 1. The highest BCUT2D eigenvalue weighted by atomic mass is 16.5. The maximum absolute atomic E-state index is 5.48. The third kappa shape index (κ3) is 3.10. The number of benzene rings is 1. The summed E-state index contributed by atoms with van der Waals surface area (Å²) < 4.78 is 5.48. The van der Waals surface area contributed by atoms with Crippen molar-refractivity contribution in [3.63, 3.8) is 0 Å². The third-order valence-electron chi connectivity index (χ3n) is 1.99. The first kappa shape index (κ1) is 10.1. The Labute approximate surface area is 80.7 Å². The van der Waals surface area contributed by atoms with Crippen molar-refractivity contribution < 1.29 is 4.74 Å². The topological polar surface area (TPSA) is 9.23 Å². The van der Waals surface area contributed by atoms with E-state index in [9.17, 15) is 0 Å². The van der Waals surface area contributed by atoms with Gasteiger partial charge < -0.3 is 4.74 Å². The van der Waals surface area contributed by atoms with Gasteiger partial charge in [0.05, 0.1) is 6.61 Å². The monoisotopic (exact) mass is 177 g/mol. The van der Waals surface area contributed by atoms with Gasteiger partial charge in [-0.15, -0.1) is 0 Å². The van der Waals surface area contributed by atoms with Gasteiger partial charge in [-0.25, -0.2) is 0 Å². The first-order valence-electron chi connectivity index (χ1n) is 5.00. The van der Waals surface area contributed by atoms with Crippen molar-refractivity contribution in [3.05, 3.63) is 29.8 Å². The van der Waals surface area contributed by atoms with Crippen molar-refractivity contribution in [3.8, 4) is 5.75 Å². The Bertz CT molecular complexity index is 243. The molecule has 0 aromatic heterocycles. The van der Waals surface area contributed by atoms with Crippen LogP contribution in [0.15, 0.2) is 18.2 Å². The van der Waals surface area contributed by atoms with Gasteiger partial charge in [-0.05, 0) is 25.3 Å². The molecular weight excluding hydrogens is 160 g/mol. The third-order valence-corrected chi connectivity index (χ3v) is 1.99. The summed E-state index contributed by atoms with van der Waals surface area (Å²) in [5, 5.41) is 0. The second kappa shape index (κ2) is 5.63. The summed E-state index contributed by atoms with van der Waals surface area (Å²) in [7, 11) is 0. The molecule has 0 saturated heterocycles. The van der Waals surface area contributed by atoms with E-state index in [2.05, 4.69) is 19.1 Å². The fourth-order valence-electron chi connectivity index (χ4n) is 1.30. The second-order valence-electron chi connectivity index (χ2n) is 3.06. The van der Waals surface area contributed by atoms with Crippen LogP contribution in [0.2, 0.25) is 0 Å². The number of rotatable bonds is 5. The van der Waals surface area contributed by atoms with Crippen molar-refractivity contribution in [2.24, 2.45) is 0 Å². The molecule has 0 aliphatic carbocycles. The minimum absolute atomic E-state index is 0.722. The molecule has 13 heavy (non-hydrogen) atoms. The van der Waals surface area contributed by atoms with Crippen LogP contribution in [-0.2, 0) is 6.42 Å². The molecule has 1 aromatic rings. The fraction of sp³-hybridized carbons (Fsp3) is 0.500. The quantitative estimate of drug-likeness (QED) is 0.671. The van der Waals surface area contributed by atoms with Gasteiger partial charge in [0, 0.05) is 6.07 Å². The Hall–Kier alpha value is -0.980. The highest BCUT2D eigenvalue weighted by Gasteiger charge is 2.00. The van der Waals surface area contributed by atoms with E-state index < -0.39 is 0 Å². The standard InChI is InChI=1S/C12H17O/c1-3-5-8-11-9-6-7-10-12(11)13-4-2/h6-7,9H,3-5,8H2,1-2H3. The minimum Gasteiger partial charge on any atom is -0.493 e. The summed E-state index contributed by atoms with van der Waals surface area (Å²) in [6.07, 6.45) is 3.54. The van der Waals surface area contributed by atoms with Crippen LogP contribution < -0.4 is 4.74 Å². The van der Waals surface area contributed by atoms with Crippen LogP contribution in [0, 0.1) is 6.07 Å². The lowest BCUT2D eigenvalue weighted by atomic mass is 10.1. The van der Waals surface area contributed by atoms with E-state index >= 15 is 0 Å². The number of hydrogen-bond donors (Lipinski definition) is 0. The van der Waals surface area contributed by atoms with Crippen LogP contribution in [0.5, 0.6) is 5.75 Å².